The molecular formula is C12H23N3O. The van der Waals surface area contributed by atoms with E-state index >= 15 is 0 Å². The normalized spacial score (nSPS) is 31.8. The molecule has 2 N–H and O–H groups in total. The Morgan fingerprint density at radius 1 is 1.50 bits per heavy atom. The van der Waals surface area contributed by atoms with Crippen molar-refractivity contribution in [2.24, 2.45) is 5.92 Å². The Kier molecular flexibility index (Phi) is 4.18. The minimum atomic E-state index is 0.289. The summed E-state index contributed by atoms with van der Waals surface area (Å²) in [7, 11) is 1.90. The zero-order valence-corrected chi connectivity index (χ0v) is 10.2. The van der Waals surface area contributed by atoms with Crippen LogP contribution in [0, 0.1) is 5.92 Å². The molecule has 2 aliphatic heterocycles. The fourth-order valence-corrected chi connectivity index (χ4v) is 2.61. The van der Waals surface area contributed by atoms with Gasteiger partial charge in [0.25, 0.3) is 0 Å². The number of carbonyl (C=O) groups is 1. The maximum atomic E-state index is 11.3. The summed E-state index contributed by atoms with van der Waals surface area (Å²) in [5.41, 5.74) is 0. The molecule has 2 heterocycles. The summed E-state index contributed by atoms with van der Waals surface area (Å²) in [4.78, 5) is 13.2. The first-order chi connectivity index (χ1) is 7.75. The lowest BCUT2D eigenvalue weighted by Gasteiger charge is -2.32. The molecule has 0 aromatic carbocycles. The lowest BCUT2D eigenvalue weighted by atomic mass is 9.98. The van der Waals surface area contributed by atoms with Crippen LogP contribution in [0.2, 0.25) is 0 Å². The third-order valence-electron chi connectivity index (χ3n) is 3.72. The molecule has 0 spiro atoms. The van der Waals surface area contributed by atoms with Crippen LogP contribution in [0.25, 0.3) is 0 Å². The average Bonchev–Trinajstić information content (AvgIpc) is 2.32. The lowest BCUT2D eigenvalue weighted by Crippen LogP contribution is -2.48. The Morgan fingerprint density at radius 2 is 2.38 bits per heavy atom. The second-order valence-corrected chi connectivity index (χ2v) is 5.13. The minimum absolute atomic E-state index is 0.289. The number of nitrogens with zero attached hydrogens (tertiary/aromatic N) is 1. The third-order valence-corrected chi connectivity index (χ3v) is 3.72. The number of likely N-dealkylation sites (tertiary alicyclic amines) is 1. The van der Waals surface area contributed by atoms with Crippen LogP contribution in [0.4, 0.5) is 0 Å². The summed E-state index contributed by atoms with van der Waals surface area (Å²) in [5, 5.41) is 7.04. The monoisotopic (exact) mass is 225 g/mol. The molecule has 0 aliphatic carbocycles. The number of piperidine rings is 2. The van der Waals surface area contributed by atoms with Crippen molar-refractivity contribution < 1.29 is 4.79 Å². The lowest BCUT2D eigenvalue weighted by molar-refractivity contribution is -0.132. The zero-order valence-electron chi connectivity index (χ0n) is 10.2. The highest BCUT2D eigenvalue weighted by atomic mass is 16.2. The van der Waals surface area contributed by atoms with Crippen LogP contribution in [0.15, 0.2) is 0 Å². The minimum Gasteiger partial charge on any atom is -0.344 e. The molecule has 2 aliphatic rings. The molecule has 0 saturated carbocycles. The van der Waals surface area contributed by atoms with Gasteiger partial charge in [-0.25, -0.2) is 0 Å². The van der Waals surface area contributed by atoms with Crippen molar-refractivity contribution in [3.05, 3.63) is 0 Å². The first-order valence-corrected chi connectivity index (χ1v) is 6.44. The van der Waals surface area contributed by atoms with E-state index in [0.29, 0.717) is 12.5 Å². The van der Waals surface area contributed by atoms with Crippen molar-refractivity contribution in [2.45, 2.75) is 31.7 Å². The van der Waals surface area contributed by atoms with Crippen LogP contribution in [0.5, 0.6) is 0 Å². The van der Waals surface area contributed by atoms with Crippen LogP contribution >= 0.6 is 0 Å². The summed E-state index contributed by atoms with van der Waals surface area (Å²) in [6, 6.07) is 0.504. The summed E-state index contributed by atoms with van der Waals surface area (Å²) >= 11 is 0. The van der Waals surface area contributed by atoms with Gasteiger partial charge in [-0.3, -0.25) is 4.79 Å². The van der Waals surface area contributed by atoms with Gasteiger partial charge in [0.15, 0.2) is 0 Å². The molecule has 2 unspecified atom stereocenters. The topological polar surface area (TPSA) is 44.4 Å². The van der Waals surface area contributed by atoms with Crippen LogP contribution < -0.4 is 10.6 Å². The molecule has 2 atom stereocenters. The maximum Gasteiger partial charge on any atom is 0.222 e. The standard InChI is InChI=1S/C12H23N3O/c1-15-9-11(4-5-12(15)16)14-8-10-3-2-6-13-7-10/h10-11,13-14H,2-9H2,1H3. The van der Waals surface area contributed by atoms with Crippen molar-refractivity contribution >= 4 is 5.91 Å². The van der Waals surface area contributed by atoms with Crippen LogP contribution in [-0.4, -0.2) is 50.1 Å². The van der Waals surface area contributed by atoms with Gasteiger partial charge in [0.1, 0.15) is 0 Å². The van der Waals surface area contributed by atoms with E-state index in [9.17, 15) is 4.79 Å². The molecule has 2 rings (SSSR count). The van der Waals surface area contributed by atoms with E-state index < -0.39 is 0 Å². The average molecular weight is 225 g/mol. The van der Waals surface area contributed by atoms with Gasteiger partial charge in [-0.1, -0.05) is 0 Å². The zero-order chi connectivity index (χ0) is 11.4. The second kappa shape index (κ2) is 5.64. The van der Waals surface area contributed by atoms with E-state index in [0.717, 1.165) is 32.0 Å². The number of likely N-dealkylation sites (N-methyl/N-ethyl adjacent to an activating group) is 1. The highest BCUT2D eigenvalue weighted by molar-refractivity contribution is 5.76. The quantitative estimate of drug-likeness (QED) is 0.721. The first-order valence-electron chi connectivity index (χ1n) is 6.44. The van der Waals surface area contributed by atoms with Gasteiger partial charge < -0.3 is 15.5 Å². The molecule has 1 amide bonds. The predicted octanol–water partition coefficient (Wildman–Crippen LogP) is 0.196. The summed E-state index contributed by atoms with van der Waals surface area (Å²) < 4.78 is 0. The Bertz CT molecular complexity index is 238. The molecule has 92 valence electrons. The number of rotatable bonds is 3. The second-order valence-electron chi connectivity index (χ2n) is 5.13. The maximum absolute atomic E-state index is 11.3. The van der Waals surface area contributed by atoms with Gasteiger partial charge in [-0.05, 0) is 44.8 Å². The van der Waals surface area contributed by atoms with E-state index in [2.05, 4.69) is 10.6 Å². The first kappa shape index (κ1) is 11.9. The van der Waals surface area contributed by atoms with Crippen LogP contribution in [0.1, 0.15) is 25.7 Å². The van der Waals surface area contributed by atoms with E-state index in [1.165, 1.54) is 19.4 Å². The molecule has 0 aromatic rings. The summed E-state index contributed by atoms with van der Waals surface area (Å²) in [6.07, 6.45) is 4.34. The molecule has 2 fully saturated rings. The van der Waals surface area contributed by atoms with Crippen molar-refractivity contribution in [1.82, 2.24) is 15.5 Å². The highest BCUT2D eigenvalue weighted by Crippen LogP contribution is 2.12. The number of hydrogen-bond acceptors (Lipinski definition) is 3. The molecule has 4 heteroatoms. The summed E-state index contributed by atoms with van der Waals surface area (Å²) in [5.74, 6) is 1.06. The fourth-order valence-electron chi connectivity index (χ4n) is 2.61. The fraction of sp³-hybridized carbons (Fsp3) is 0.917. The highest BCUT2D eigenvalue weighted by Gasteiger charge is 2.23. The molecule has 2 saturated heterocycles. The molecule has 0 aromatic heterocycles. The Labute approximate surface area is 97.8 Å². The number of amides is 1. The molecule has 0 radical (unpaired) electrons. The van der Waals surface area contributed by atoms with E-state index in [-0.39, 0.29) is 5.91 Å². The Hall–Kier alpha value is -0.610. The number of carbonyl (C=O) groups excluding carboxylic acids is 1. The number of hydrogen-bond donors (Lipinski definition) is 2. The molecule has 0 bridgehead atoms. The van der Waals surface area contributed by atoms with Crippen molar-refractivity contribution in [3.8, 4) is 0 Å². The van der Waals surface area contributed by atoms with Gasteiger partial charge in [0.05, 0.1) is 0 Å². The smallest absolute Gasteiger partial charge is 0.222 e. The largest absolute Gasteiger partial charge is 0.344 e. The molecular weight excluding hydrogens is 202 g/mol. The SMILES string of the molecule is CN1CC(NCC2CCCNC2)CCC1=O. The van der Waals surface area contributed by atoms with Gasteiger partial charge in [-0.15, -0.1) is 0 Å². The van der Waals surface area contributed by atoms with Gasteiger partial charge >= 0.3 is 0 Å². The predicted molar refractivity (Wildman–Crippen MR) is 64.3 cm³/mol. The van der Waals surface area contributed by atoms with E-state index in [4.69, 9.17) is 0 Å². The molecule has 16 heavy (non-hydrogen) atoms. The van der Waals surface area contributed by atoms with Gasteiger partial charge in [0.2, 0.25) is 5.91 Å². The van der Waals surface area contributed by atoms with E-state index in [1.54, 1.807) is 0 Å². The Balaban J connectivity index is 1.67. The van der Waals surface area contributed by atoms with Crippen LogP contribution in [-0.2, 0) is 4.79 Å². The Morgan fingerprint density at radius 3 is 3.06 bits per heavy atom. The van der Waals surface area contributed by atoms with Gasteiger partial charge in [-0.2, -0.15) is 0 Å². The summed E-state index contributed by atoms with van der Waals surface area (Å²) in [6.45, 7) is 4.30. The van der Waals surface area contributed by atoms with Gasteiger partial charge in [0, 0.05) is 26.1 Å². The van der Waals surface area contributed by atoms with Crippen molar-refractivity contribution in [2.75, 3.05) is 33.2 Å². The van der Waals surface area contributed by atoms with Crippen molar-refractivity contribution in [3.63, 3.8) is 0 Å². The molecule has 4 nitrogen and oxygen atoms in total. The third kappa shape index (κ3) is 3.19. The van der Waals surface area contributed by atoms with Crippen molar-refractivity contribution in [1.29, 1.82) is 0 Å². The van der Waals surface area contributed by atoms with E-state index in [1.807, 2.05) is 11.9 Å². The van der Waals surface area contributed by atoms with Crippen LogP contribution in [0.3, 0.4) is 0 Å². The number of nitrogens with one attached hydrogen (secondary N) is 2.